The van der Waals surface area contributed by atoms with Crippen LogP contribution < -0.4 is 0 Å². The van der Waals surface area contributed by atoms with Gasteiger partial charge < -0.3 is 17.7 Å². The first kappa shape index (κ1) is 14.9. The first-order valence-electron chi connectivity index (χ1n) is 8.42. The van der Waals surface area contributed by atoms with Gasteiger partial charge in [0.1, 0.15) is 22.9 Å². The van der Waals surface area contributed by atoms with Crippen molar-refractivity contribution in [1.29, 1.82) is 0 Å². The van der Waals surface area contributed by atoms with Crippen molar-refractivity contribution in [3.63, 3.8) is 0 Å². The Labute approximate surface area is 149 Å². The molecule has 0 saturated carbocycles. The quantitative estimate of drug-likeness (QED) is 0.360. The Hall–Kier alpha value is -3.40. The van der Waals surface area contributed by atoms with Crippen LogP contribution in [0.25, 0.3) is 44.7 Å². The SMILES string of the molecule is Cc1cc(-c2coc(C)c2-c2oc3ccccc3c2-c2ccco2)co1. The molecule has 0 atom stereocenters. The van der Waals surface area contributed by atoms with Gasteiger partial charge in [-0.2, -0.15) is 0 Å². The number of fused-ring (bicyclic) bond motifs is 1. The molecule has 0 aliphatic heterocycles. The minimum absolute atomic E-state index is 0.737. The Morgan fingerprint density at radius 2 is 1.69 bits per heavy atom. The van der Waals surface area contributed by atoms with E-state index < -0.39 is 0 Å². The van der Waals surface area contributed by atoms with Crippen molar-refractivity contribution in [2.75, 3.05) is 0 Å². The first-order chi connectivity index (χ1) is 12.7. The third kappa shape index (κ3) is 2.15. The fourth-order valence-corrected chi connectivity index (χ4v) is 3.42. The molecule has 4 aromatic heterocycles. The lowest BCUT2D eigenvalue weighted by Gasteiger charge is -2.03. The lowest BCUT2D eigenvalue weighted by Crippen LogP contribution is -1.83. The van der Waals surface area contributed by atoms with Crippen molar-refractivity contribution in [2.45, 2.75) is 13.8 Å². The third-order valence-corrected chi connectivity index (χ3v) is 4.61. The van der Waals surface area contributed by atoms with Crippen LogP contribution in [0.5, 0.6) is 0 Å². The second-order valence-electron chi connectivity index (χ2n) is 6.31. The number of furan rings is 4. The van der Waals surface area contributed by atoms with Gasteiger partial charge in [0, 0.05) is 16.5 Å². The van der Waals surface area contributed by atoms with Crippen molar-refractivity contribution in [2.24, 2.45) is 0 Å². The minimum atomic E-state index is 0.737. The maximum atomic E-state index is 6.27. The van der Waals surface area contributed by atoms with Gasteiger partial charge in [-0.3, -0.25) is 0 Å². The van der Waals surface area contributed by atoms with Crippen LogP contribution in [0.3, 0.4) is 0 Å². The van der Waals surface area contributed by atoms with Crippen molar-refractivity contribution in [3.05, 3.63) is 72.8 Å². The zero-order valence-electron chi connectivity index (χ0n) is 14.4. The van der Waals surface area contributed by atoms with Gasteiger partial charge in [0.05, 0.1) is 29.9 Å². The lowest BCUT2D eigenvalue weighted by atomic mass is 9.98. The van der Waals surface area contributed by atoms with Crippen LogP contribution in [0.1, 0.15) is 11.5 Å². The molecule has 0 amide bonds. The summed E-state index contributed by atoms with van der Waals surface area (Å²) >= 11 is 0. The van der Waals surface area contributed by atoms with E-state index in [0.717, 1.165) is 56.3 Å². The van der Waals surface area contributed by atoms with Crippen LogP contribution in [0.2, 0.25) is 0 Å². The summed E-state index contributed by atoms with van der Waals surface area (Å²) in [6, 6.07) is 13.8. The molecule has 0 aliphatic carbocycles. The van der Waals surface area contributed by atoms with Gasteiger partial charge in [-0.25, -0.2) is 0 Å². The molecule has 0 unspecified atom stereocenters. The van der Waals surface area contributed by atoms with E-state index in [1.54, 1.807) is 18.8 Å². The largest absolute Gasteiger partial charge is 0.469 e. The topological polar surface area (TPSA) is 52.6 Å². The molecule has 0 bridgehead atoms. The molecule has 0 spiro atoms. The van der Waals surface area contributed by atoms with Crippen molar-refractivity contribution in [1.82, 2.24) is 0 Å². The van der Waals surface area contributed by atoms with Crippen LogP contribution >= 0.6 is 0 Å². The fraction of sp³-hybridized carbons (Fsp3) is 0.0909. The van der Waals surface area contributed by atoms with E-state index in [0.29, 0.717) is 0 Å². The zero-order valence-corrected chi connectivity index (χ0v) is 14.4. The van der Waals surface area contributed by atoms with Gasteiger partial charge in [0.15, 0.2) is 5.76 Å². The van der Waals surface area contributed by atoms with Gasteiger partial charge >= 0.3 is 0 Å². The Kier molecular flexibility index (Phi) is 3.19. The van der Waals surface area contributed by atoms with Crippen LogP contribution in [-0.4, -0.2) is 0 Å². The Morgan fingerprint density at radius 1 is 0.808 bits per heavy atom. The van der Waals surface area contributed by atoms with E-state index in [4.69, 9.17) is 17.7 Å². The summed E-state index contributed by atoms with van der Waals surface area (Å²) in [7, 11) is 0. The van der Waals surface area contributed by atoms with E-state index >= 15 is 0 Å². The zero-order chi connectivity index (χ0) is 17.7. The average Bonchev–Trinajstić information content (AvgIpc) is 3.39. The van der Waals surface area contributed by atoms with E-state index in [1.807, 2.05) is 56.3 Å². The minimum Gasteiger partial charge on any atom is -0.469 e. The van der Waals surface area contributed by atoms with E-state index in [-0.39, 0.29) is 0 Å². The molecule has 4 nitrogen and oxygen atoms in total. The molecule has 0 saturated heterocycles. The lowest BCUT2D eigenvalue weighted by molar-refractivity contribution is 0.531. The standard InChI is InChI=1S/C22H16O4/c1-13-10-15(11-24-13)17-12-25-14(2)20(17)22-21(19-8-5-9-23-19)16-6-3-4-7-18(16)26-22/h3-12H,1-2H3. The summed E-state index contributed by atoms with van der Waals surface area (Å²) in [5.41, 5.74) is 4.54. The molecule has 0 N–H and O–H groups in total. The summed E-state index contributed by atoms with van der Waals surface area (Å²) in [5.74, 6) is 3.13. The van der Waals surface area contributed by atoms with Crippen molar-refractivity contribution in [3.8, 4) is 33.8 Å². The molecule has 1 aromatic carbocycles. The molecule has 5 aromatic rings. The van der Waals surface area contributed by atoms with Gasteiger partial charge in [-0.1, -0.05) is 18.2 Å². The van der Waals surface area contributed by atoms with E-state index in [2.05, 4.69) is 0 Å². The molecule has 26 heavy (non-hydrogen) atoms. The van der Waals surface area contributed by atoms with Gasteiger partial charge in [0.2, 0.25) is 0 Å². The van der Waals surface area contributed by atoms with Gasteiger partial charge in [0.25, 0.3) is 0 Å². The maximum Gasteiger partial charge on any atom is 0.150 e. The summed E-state index contributed by atoms with van der Waals surface area (Å²) in [6.45, 7) is 3.86. The molecule has 5 rings (SSSR count). The number of hydrogen-bond acceptors (Lipinski definition) is 4. The summed E-state index contributed by atoms with van der Waals surface area (Å²) in [6.07, 6.45) is 5.15. The Bertz CT molecular complexity index is 1200. The fourth-order valence-electron chi connectivity index (χ4n) is 3.42. The maximum absolute atomic E-state index is 6.27. The van der Waals surface area contributed by atoms with Crippen molar-refractivity contribution >= 4 is 11.0 Å². The molecular weight excluding hydrogens is 328 g/mol. The summed E-state index contributed by atoms with van der Waals surface area (Å²) < 4.78 is 23.2. The number of benzene rings is 1. The first-order valence-corrected chi connectivity index (χ1v) is 8.42. The van der Waals surface area contributed by atoms with Gasteiger partial charge in [-0.05, 0) is 38.1 Å². The molecule has 0 fully saturated rings. The van der Waals surface area contributed by atoms with Gasteiger partial charge in [-0.15, -0.1) is 0 Å². The highest BCUT2D eigenvalue weighted by Gasteiger charge is 2.25. The highest BCUT2D eigenvalue weighted by molar-refractivity contribution is 6.02. The average molecular weight is 344 g/mol. The predicted octanol–water partition coefficient (Wildman–Crippen LogP) is 6.83. The number of hydrogen-bond donors (Lipinski definition) is 0. The Balaban J connectivity index is 1.84. The highest BCUT2D eigenvalue weighted by Crippen LogP contribution is 2.46. The predicted molar refractivity (Wildman–Crippen MR) is 98.8 cm³/mol. The second kappa shape index (κ2) is 5.56. The number of rotatable bonds is 3. The molecular formula is C22H16O4. The smallest absolute Gasteiger partial charge is 0.150 e. The van der Waals surface area contributed by atoms with Crippen molar-refractivity contribution < 1.29 is 17.7 Å². The second-order valence-corrected chi connectivity index (χ2v) is 6.31. The highest BCUT2D eigenvalue weighted by atomic mass is 16.4. The molecule has 0 radical (unpaired) electrons. The van der Waals surface area contributed by atoms with Crippen LogP contribution in [0.4, 0.5) is 0 Å². The summed E-state index contributed by atoms with van der Waals surface area (Å²) in [5, 5.41) is 1.01. The third-order valence-electron chi connectivity index (χ3n) is 4.61. The van der Waals surface area contributed by atoms with Crippen LogP contribution in [-0.2, 0) is 0 Å². The molecule has 0 aliphatic rings. The molecule has 4 heterocycles. The van der Waals surface area contributed by atoms with E-state index in [9.17, 15) is 0 Å². The molecule has 4 heteroatoms. The molecule has 128 valence electrons. The summed E-state index contributed by atoms with van der Waals surface area (Å²) in [4.78, 5) is 0. The normalized spacial score (nSPS) is 11.5. The van der Waals surface area contributed by atoms with Crippen LogP contribution in [0, 0.1) is 13.8 Å². The monoisotopic (exact) mass is 344 g/mol. The Morgan fingerprint density at radius 3 is 2.46 bits per heavy atom. The van der Waals surface area contributed by atoms with E-state index in [1.165, 1.54) is 0 Å². The van der Waals surface area contributed by atoms with Crippen LogP contribution in [0.15, 0.2) is 78.9 Å². The number of para-hydroxylation sites is 1. The number of aryl methyl sites for hydroxylation is 2.